The third kappa shape index (κ3) is 2.75. The minimum Gasteiger partial charge on any atom is -0.491 e. The first-order valence-electron chi connectivity index (χ1n) is 8.06. The fourth-order valence-corrected chi connectivity index (χ4v) is 2.80. The van der Waals surface area contributed by atoms with Crippen molar-refractivity contribution in [2.45, 2.75) is 26.3 Å². The second-order valence-corrected chi connectivity index (χ2v) is 5.86. The highest BCUT2D eigenvalue weighted by Crippen LogP contribution is 2.35. The van der Waals surface area contributed by atoms with Crippen LogP contribution < -0.4 is 10.1 Å². The summed E-state index contributed by atoms with van der Waals surface area (Å²) in [7, 11) is 0. The summed E-state index contributed by atoms with van der Waals surface area (Å²) in [6.45, 7) is 4.15. The molecule has 1 aromatic carbocycles. The van der Waals surface area contributed by atoms with Crippen molar-refractivity contribution in [3.8, 4) is 17.1 Å². The van der Waals surface area contributed by atoms with Crippen molar-refractivity contribution < 1.29 is 14.1 Å². The highest BCUT2D eigenvalue weighted by molar-refractivity contribution is 5.95. The van der Waals surface area contributed by atoms with E-state index in [4.69, 9.17) is 9.26 Å². The van der Waals surface area contributed by atoms with Crippen LogP contribution in [0.3, 0.4) is 0 Å². The minimum absolute atomic E-state index is 0.178. The van der Waals surface area contributed by atoms with Gasteiger partial charge >= 0.3 is 0 Å². The van der Waals surface area contributed by atoms with Crippen LogP contribution in [0.25, 0.3) is 11.4 Å². The van der Waals surface area contributed by atoms with Gasteiger partial charge in [0.05, 0.1) is 17.8 Å². The van der Waals surface area contributed by atoms with Crippen LogP contribution in [0.15, 0.2) is 28.9 Å². The van der Waals surface area contributed by atoms with Gasteiger partial charge in [-0.25, -0.2) is 0 Å². The van der Waals surface area contributed by atoms with E-state index in [1.165, 1.54) is 6.20 Å². The number of hydrogen-bond acceptors (Lipinski definition) is 6. The molecule has 0 bridgehead atoms. The van der Waals surface area contributed by atoms with Crippen LogP contribution in [0.2, 0.25) is 0 Å². The van der Waals surface area contributed by atoms with Gasteiger partial charge in [0.2, 0.25) is 11.7 Å². The number of aromatic amines is 1. The smallest absolute Gasteiger partial charge is 0.255 e. The number of aromatic nitrogens is 4. The van der Waals surface area contributed by atoms with Crippen molar-refractivity contribution in [1.29, 1.82) is 0 Å². The zero-order valence-corrected chi connectivity index (χ0v) is 13.9. The topological polar surface area (TPSA) is 106 Å². The molecule has 8 heteroatoms. The molecule has 2 aromatic heterocycles. The summed E-state index contributed by atoms with van der Waals surface area (Å²) in [5.74, 6) is 1.67. The van der Waals surface area contributed by atoms with E-state index in [0.29, 0.717) is 30.3 Å². The van der Waals surface area contributed by atoms with Crippen molar-refractivity contribution in [1.82, 2.24) is 25.7 Å². The van der Waals surface area contributed by atoms with Crippen molar-refractivity contribution in [2.75, 3.05) is 6.61 Å². The molecule has 0 fully saturated rings. The minimum atomic E-state index is -0.206. The van der Waals surface area contributed by atoms with Gasteiger partial charge in [-0.2, -0.15) is 10.1 Å². The standard InChI is InChI=1S/C17H17N5O3/c1-3-15-20-16(22-25-15)10-4-5-11-13(8-24-14(11)6-10)19-17(23)12-7-18-21-9(12)2/h4-7,13H,3,8H2,1-2H3,(H,18,21)(H,19,23)/t13-/m1/s1. The molecule has 1 aliphatic heterocycles. The van der Waals surface area contributed by atoms with E-state index in [9.17, 15) is 4.79 Å². The molecule has 1 aliphatic rings. The molecule has 0 unspecified atom stereocenters. The van der Waals surface area contributed by atoms with Gasteiger partial charge < -0.3 is 14.6 Å². The first-order valence-corrected chi connectivity index (χ1v) is 8.06. The zero-order valence-electron chi connectivity index (χ0n) is 13.9. The van der Waals surface area contributed by atoms with Crippen molar-refractivity contribution in [3.05, 3.63) is 47.1 Å². The predicted molar refractivity (Wildman–Crippen MR) is 88.1 cm³/mol. The number of H-pyrrole nitrogens is 1. The number of carbonyl (C=O) groups excluding carboxylic acids is 1. The number of hydrogen-bond donors (Lipinski definition) is 2. The average Bonchev–Trinajstić information content (AvgIpc) is 3.34. The Hall–Kier alpha value is -3.16. The van der Waals surface area contributed by atoms with E-state index >= 15 is 0 Å². The molecule has 2 N–H and O–H groups in total. The van der Waals surface area contributed by atoms with Crippen LogP contribution >= 0.6 is 0 Å². The molecule has 128 valence electrons. The highest BCUT2D eigenvalue weighted by atomic mass is 16.5. The lowest BCUT2D eigenvalue weighted by molar-refractivity contribution is 0.0930. The SMILES string of the molecule is CCc1nc(-c2ccc3c(c2)OC[C@H]3NC(=O)c2cn[nH]c2C)no1. The Bertz CT molecular complexity index is 930. The number of fused-ring (bicyclic) bond motifs is 1. The number of aryl methyl sites for hydroxylation is 2. The molecule has 0 radical (unpaired) electrons. The second kappa shape index (κ2) is 6.04. The van der Waals surface area contributed by atoms with Crippen LogP contribution in [0, 0.1) is 6.92 Å². The third-order valence-electron chi connectivity index (χ3n) is 4.20. The largest absolute Gasteiger partial charge is 0.491 e. The quantitative estimate of drug-likeness (QED) is 0.755. The summed E-state index contributed by atoms with van der Waals surface area (Å²) in [5.41, 5.74) is 3.01. The number of nitrogens with one attached hydrogen (secondary N) is 2. The number of nitrogens with zero attached hydrogens (tertiary/aromatic N) is 3. The van der Waals surface area contributed by atoms with Crippen molar-refractivity contribution in [3.63, 3.8) is 0 Å². The lowest BCUT2D eigenvalue weighted by Gasteiger charge is -2.11. The molecule has 0 saturated heterocycles. The molecule has 1 atom stereocenters. The maximum absolute atomic E-state index is 12.4. The van der Waals surface area contributed by atoms with Gasteiger partial charge in [-0.3, -0.25) is 9.89 Å². The lowest BCUT2D eigenvalue weighted by atomic mass is 10.1. The van der Waals surface area contributed by atoms with Gasteiger partial charge in [-0.05, 0) is 13.0 Å². The number of benzene rings is 1. The van der Waals surface area contributed by atoms with Crippen LogP contribution in [-0.4, -0.2) is 32.9 Å². The fraction of sp³-hybridized carbons (Fsp3) is 0.294. The van der Waals surface area contributed by atoms with Crippen LogP contribution in [0.1, 0.15) is 40.5 Å². The molecule has 0 spiro atoms. The van der Waals surface area contributed by atoms with Gasteiger partial charge in [0.1, 0.15) is 12.4 Å². The Labute approximate surface area is 143 Å². The number of ether oxygens (including phenoxy) is 1. The summed E-state index contributed by atoms with van der Waals surface area (Å²) >= 11 is 0. The molecular weight excluding hydrogens is 322 g/mol. The maximum Gasteiger partial charge on any atom is 0.255 e. The Morgan fingerprint density at radius 2 is 2.32 bits per heavy atom. The first kappa shape index (κ1) is 15.4. The van der Waals surface area contributed by atoms with Crippen LogP contribution in [0.5, 0.6) is 5.75 Å². The fourth-order valence-electron chi connectivity index (χ4n) is 2.80. The number of carbonyl (C=O) groups is 1. The molecule has 3 aromatic rings. The van der Waals surface area contributed by atoms with Crippen molar-refractivity contribution >= 4 is 5.91 Å². The number of amides is 1. The normalized spacial score (nSPS) is 15.7. The Morgan fingerprint density at radius 3 is 3.04 bits per heavy atom. The van der Waals surface area contributed by atoms with E-state index in [-0.39, 0.29) is 11.9 Å². The molecule has 0 saturated carbocycles. The van der Waals surface area contributed by atoms with Crippen LogP contribution in [-0.2, 0) is 6.42 Å². The van der Waals surface area contributed by atoms with Crippen molar-refractivity contribution in [2.24, 2.45) is 0 Å². The van der Waals surface area contributed by atoms with E-state index in [1.54, 1.807) is 0 Å². The molecule has 1 amide bonds. The monoisotopic (exact) mass is 339 g/mol. The average molecular weight is 339 g/mol. The van der Waals surface area contributed by atoms with E-state index in [1.807, 2.05) is 32.0 Å². The lowest BCUT2D eigenvalue weighted by Crippen LogP contribution is -2.29. The molecular formula is C17H17N5O3. The van der Waals surface area contributed by atoms with E-state index in [2.05, 4.69) is 25.7 Å². The third-order valence-corrected chi connectivity index (χ3v) is 4.20. The molecule has 4 rings (SSSR count). The van der Waals surface area contributed by atoms with Crippen LogP contribution in [0.4, 0.5) is 0 Å². The van der Waals surface area contributed by atoms with E-state index < -0.39 is 0 Å². The zero-order chi connectivity index (χ0) is 17.4. The highest BCUT2D eigenvalue weighted by Gasteiger charge is 2.27. The summed E-state index contributed by atoms with van der Waals surface area (Å²) in [4.78, 5) is 16.7. The maximum atomic E-state index is 12.4. The predicted octanol–water partition coefficient (Wildman–Crippen LogP) is 2.19. The van der Waals surface area contributed by atoms with E-state index in [0.717, 1.165) is 22.6 Å². The molecule has 25 heavy (non-hydrogen) atoms. The van der Waals surface area contributed by atoms with Gasteiger partial charge in [-0.1, -0.05) is 24.2 Å². The second-order valence-electron chi connectivity index (χ2n) is 5.86. The summed E-state index contributed by atoms with van der Waals surface area (Å²) in [5, 5.41) is 13.6. The van der Waals surface area contributed by atoms with Gasteiger partial charge in [-0.15, -0.1) is 0 Å². The summed E-state index contributed by atoms with van der Waals surface area (Å²) in [6, 6.07) is 5.49. The number of rotatable bonds is 4. The molecule has 8 nitrogen and oxygen atoms in total. The molecule has 0 aliphatic carbocycles. The summed E-state index contributed by atoms with van der Waals surface area (Å²) < 4.78 is 10.9. The molecule has 3 heterocycles. The van der Waals surface area contributed by atoms with Gasteiger partial charge in [0, 0.05) is 23.2 Å². The van der Waals surface area contributed by atoms with Gasteiger partial charge in [0.25, 0.3) is 5.91 Å². The first-order chi connectivity index (χ1) is 12.2. The Morgan fingerprint density at radius 1 is 1.44 bits per heavy atom. The Balaban J connectivity index is 1.55. The summed E-state index contributed by atoms with van der Waals surface area (Å²) in [6.07, 6.45) is 2.21. The van der Waals surface area contributed by atoms with Gasteiger partial charge in [0.15, 0.2) is 0 Å². The Kier molecular flexibility index (Phi) is 3.72.